The van der Waals surface area contributed by atoms with Crippen LogP contribution in [-0.4, -0.2) is 20.7 Å². The predicted molar refractivity (Wildman–Crippen MR) is 137 cm³/mol. The summed E-state index contributed by atoms with van der Waals surface area (Å²) in [7, 11) is 0. The normalized spacial score (nSPS) is 10.7. The van der Waals surface area contributed by atoms with Gasteiger partial charge in [0.05, 0.1) is 23.1 Å². The summed E-state index contributed by atoms with van der Waals surface area (Å²) < 4.78 is 22.0. The number of carbonyl (C=O) groups is 1. The summed E-state index contributed by atoms with van der Waals surface area (Å²) in [4.78, 5) is 17.1. The van der Waals surface area contributed by atoms with Crippen LogP contribution in [0.5, 0.6) is 11.5 Å². The Kier molecular flexibility index (Phi) is 6.34. The second-order valence-corrected chi connectivity index (χ2v) is 8.11. The molecule has 2 aromatic heterocycles. The van der Waals surface area contributed by atoms with Crippen LogP contribution in [0.2, 0.25) is 5.02 Å². The van der Waals surface area contributed by atoms with Gasteiger partial charge in [0.1, 0.15) is 10.8 Å². The van der Waals surface area contributed by atoms with E-state index in [4.69, 9.17) is 22.1 Å². The van der Waals surface area contributed by atoms with Crippen LogP contribution >= 0.6 is 11.6 Å². The van der Waals surface area contributed by atoms with Gasteiger partial charge >= 0.3 is 0 Å². The van der Waals surface area contributed by atoms with E-state index >= 15 is 0 Å². The Labute approximate surface area is 210 Å². The fraction of sp³-hybridized carbons (Fsp3) is 0. The molecule has 0 spiro atoms. The molecule has 0 fully saturated rings. The van der Waals surface area contributed by atoms with E-state index in [1.165, 1.54) is 30.6 Å². The molecule has 0 saturated carbocycles. The summed E-state index contributed by atoms with van der Waals surface area (Å²) >= 11 is 6.08. The number of nitrogens with one attached hydrogen (secondary N) is 1. The van der Waals surface area contributed by atoms with Crippen molar-refractivity contribution < 1.29 is 13.9 Å². The lowest BCUT2D eigenvalue weighted by Gasteiger charge is -2.12. The lowest BCUT2D eigenvalue weighted by molar-refractivity contribution is 0.102. The van der Waals surface area contributed by atoms with Crippen molar-refractivity contribution in [2.45, 2.75) is 0 Å². The molecule has 0 aliphatic carbocycles. The van der Waals surface area contributed by atoms with E-state index in [0.717, 1.165) is 17.3 Å². The Morgan fingerprint density at radius 3 is 2.42 bits per heavy atom. The highest BCUT2D eigenvalue weighted by atomic mass is 35.5. The fourth-order valence-corrected chi connectivity index (χ4v) is 3.80. The zero-order chi connectivity index (χ0) is 25.1. The molecule has 0 aliphatic rings. The van der Waals surface area contributed by atoms with Crippen molar-refractivity contribution in [1.29, 1.82) is 0 Å². The summed E-state index contributed by atoms with van der Waals surface area (Å²) in [6.07, 6.45) is 2.90. The van der Waals surface area contributed by atoms with Gasteiger partial charge in [0.2, 0.25) is 0 Å². The van der Waals surface area contributed by atoms with Crippen molar-refractivity contribution in [2.24, 2.45) is 0 Å². The third-order valence-corrected chi connectivity index (χ3v) is 5.73. The van der Waals surface area contributed by atoms with E-state index in [1.807, 2.05) is 60.7 Å². The third kappa shape index (κ3) is 4.62. The van der Waals surface area contributed by atoms with Gasteiger partial charge in [0, 0.05) is 29.6 Å². The SMILES string of the molecule is Nc1nccc(Oc2ccc(NC(=O)c3cnn(-c4ccccc4)c3-c3ccccc3)cc2F)c1Cl. The van der Waals surface area contributed by atoms with Gasteiger partial charge in [0.25, 0.3) is 5.91 Å². The van der Waals surface area contributed by atoms with Gasteiger partial charge in [-0.2, -0.15) is 5.10 Å². The number of halogens is 2. The summed E-state index contributed by atoms with van der Waals surface area (Å²) in [5, 5.41) is 7.28. The van der Waals surface area contributed by atoms with E-state index in [1.54, 1.807) is 4.68 Å². The second-order valence-electron chi connectivity index (χ2n) is 7.73. The highest BCUT2D eigenvalue weighted by Crippen LogP contribution is 2.34. The van der Waals surface area contributed by atoms with E-state index in [-0.39, 0.29) is 28.0 Å². The number of carbonyl (C=O) groups excluding carboxylic acids is 1. The minimum absolute atomic E-state index is 0.0729. The Bertz CT molecular complexity index is 1540. The van der Waals surface area contributed by atoms with Crippen LogP contribution in [0.1, 0.15) is 10.4 Å². The lowest BCUT2D eigenvalue weighted by atomic mass is 10.1. The number of amides is 1. The van der Waals surface area contributed by atoms with Crippen molar-refractivity contribution >= 4 is 29.0 Å². The van der Waals surface area contributed by atoms with Gasteiger partial charge in [-0.05, 0) is 24.3 Å². The number of nitrogen functional groups attached to an aromatic ring is 1. The molecule has 0 atom stereocenters. The number of benzene rings is 3. The number of anilines is 2. The average Bonchev–Trinajstić information content (AvgIpc) is 3.35. The fourth-order valence-electron chi connectivity index (χ4n) is 3.65. The molecule has 0 unspecified atom stereocenters. The first-order valence-electron chi connectivity index (χ1n) is 10.9. The van der Waals surface area contributed by atoms with Crippen molar-refractivity contribution in [1.82, 2.24) is 14.8 Å². The Morgan fingerprint density at radius 1 is 0.972 bits per heavy atom. The maximum atomic E-state index is 14.8. The van der Waals surface area contributed by atoms with E-state index in [9.17, 15) is 9.18 Å². The Hall–Kier alpha value is -4.69. The summed E-state index contributed by atoms with van der Waals surface area (Å²) in [5.41, 5.74) is 8.49. The molecule has 3 aromatic carbocycles. The molecule has 178 valence electrons. The minimum Gasteiger partial charge on any atom is -0.453 e. The smallest absolute Gasteiger partial charge is 0.259 e. The molecular formula is C27H19ClFN5O2. The van der Waals surface area contributed by atoms with Crippen molar-refractivity contribution in [2.75, 3.05) is 11.1 Å². The quantitative estimate of drug-likeness (QED) is 0.283. The van der Waals surface area contributed by atoms with Crippen LogP contribution in [0.4, 0.5) is 15.9 Å². The molecular weight excluding hydrogens is 481 g/mol. The van der Waals surface area contributed by atoms with Gasteiger partial charge in [-0.25, -0.2) is 14.1 Å². The number of nitrogens with zero attached hydrogens (tertiary/aromatic N) is 3. The number of pyridine rings is 1. The molecule has 1 amide bonds. The number of hydrogen-bond donors (Lipinski definition) is 2. The Morgan fingerprint density at radius 2 is 1.69 bits per heavy atom. The molecule has 5 aromatic rings. The first kappa shape index (κ1) is 23.1. The molecule has 5 rings (SSSR count). The van der Waals surface area contributed by atoms with Gasteiger partial charge < -0.3 is 15.8 Å². The lowest BCUT2D eigenvalue weighted by Crippen LogP contribution is -2.13. The topological polar surface area (TPSA) is 95.1 Å². The minimum atomic E-state index is -0.692. The van der Waals surface area contributed by atoms with E-state index in [0.29, 0.717) is 11.3 Å². The van der Waals surface area contributed by atoms with Crippen LogP contribution in [-0.2, 0) is 0 Å². The average molecular weight is 500 g/mol. The van der Waals surface area contributed by atoms with Crippen molar-refractivity contribution in [3.05, 3.63) is 114 Å². The van der Waals surface area contributed by atoms with Gasteiger partial charge in [0.15, 0.2) is 17.3 Å². The van der Waals surface area contributed by atoms with Gasteiger partial charge in [-0.3, -0.25) is 4.79 Å². The van der Waals surface area contributed by atoms with Crippen LogP contribution < -0.4 is 15.8 Å². The molecule has 36 heavy (non-hydrogen) atoms. The summed E-state index contributed by atoms with van der Waals surface area (Å²) in [6.45, 7) is 0. The predicted octanol–water partition coefficient (Wildman–Crippen LogP) is 6.35. The zero-order valence-corrected chi connectivity index (χ0v) is 19.5. The van der Waals surface area contributed by atoms with Crippen LogP contribution in [0.3, 0.4) is 0 Å². The van der Waals surface area contributed by atoms with Gasteiger partial charge in [-0.1, -0.05) is 60.1 Å². The Balaban J connectivity index is 1.43. The number of para-hydroxylation sites is 1. The standard InChI is InChI=1S/C27H19ClFN5O2/c28-24-23(13-14-31-26(24)30)36-22-12-11-18(15-21(22)29)33-27(35)20-16-32-34(19-9-5-2-6-10-19)25(20)17-7-3-1-4-8-17/h1-16H,(H2,30,31)(H,33,35). The first-order valence-corrected chi connectivity index (χ1v) is 11.3. The number of ether oxygens (including phenoxy) is 1. The van der Waals surface area contributed by atoms with Crippen molar-refractivity contribution in [3.63, 3.8) is 0 Å². The molecule has 0 saturated heterocycles. The molecule has 0 aliphatic heterocycles. The maximum Gasteiger partial charge on any atom is 0.259 e. The monoisotopic (exact) mass is 499 g/mol. The molecule has 0 radical (unpaired) electrons. The number of aromatic nitrogens is 3. The summed E-state index contributed by atoms with van der Waals surface area (Å²) in [6, 6.07) is 24.5. The van der Waals surface area contributed by atoms with Crippen LogP contribution in [0.15, 0.2) is 97.3 Å². The maximum absolute atomic E-state index is 14.8. The largest absolute Gasteiger partial charge is 0.453 e. The van der Waals surface area contributed by atoms with Crippen LogP contribution in [0.25, 0.3) is 16.9 Å². The molecule has 9 heteroatoms. The highest BCUT2D eigenvalue weighted by molar-refractivity contribution is 6.34. The van der Waals surface area contributed by atoms with E-state index < -0.39 is 11.7 Å². The molecule has 7 nitrogen and oxygen atoms in total. The molecule has 3 N–H and O–H groups in total. The van der Waals surface area contributed by atoms with E-state index in [2.05, 4.69) is 15.4 Å². The zero-order valence-electron chi connectivity index (χ0n) is 18.7. The van der Waals surface area contributed by atoms with Crippen LogP contribution in [0, 0.1) is 5.82 Å². The molecule has 2 heterocycles. The molecule has 0 bridgehead atoms. The highest BCUT2D eigenvalue weighted by Gasteiger charge is 2.21. The third-order valence-electron chi connectivity index (χ3n) is 5.35. The first-order chi connectivity index (χ1) is 17.5. The number of hydrogen-bond acceptors (Lipinski definition) is 5. The summed E-state index contributed by atoms with van der Waals surface area (Å²) in [5.74, 6) is -0.969. The number of nitrogens with two attached hydrogens (primary N) is 1. The number of rotatable bonds is 6. The van der Waals surface area contributed by atoms with Gasteiger partial charge in [-0.15, -0.1) is 0 Å². The van der Waals surface area contributed by atoms with Crippen molar-refractivity contribution in [3.8, 4) is 28.4 Å². The second kappa shape index (κ2) is 9.89.